The monoisotopic (exact) mass is 461 g/mol. The first-order valence-electron chi connectivity index (χ1n) is 12.7. The van der Waals surface area contributed by atoms with E-state index in [2.05, 4.69) is 44.7 Å². The van der Waals surface area contributed by atoms with Crippen molar-refractivity contribution in [1.29, 1.82) is 0 Å². The normalized spacial score (nSPS) is 17.1. The Balaban J connectivity index is 1.81. The minimum absolute atomic E-state index is 0.0532. The van der Waals surface area contributed by atoms with Gasteiger partial charge < -0.3 is 9.64 Å². The Morgan fingerprint density at radius 2 is 1.88 bits per heavy atom. The third kappa shape index (κ3) is 5.52. The zero-order valence-corrected chi connectivity index (χ0v) is 21.4. The molecule has 3 aromatic rings. The van der Waals surface area contributed by atoms with E-state index in [9.17, 15) is 4.79 Å². The lowest BCUT2D eigenvalue weighted by Gasteiger charge is -2.34. The van der Waals surface area contributed by atoms with Crippen LogP contribution in [0, 0.1) is 17.8 Å². The van der Waals surface area contributed by atoms with Crippen molar-refractivity contribution in [1.82, 2.24) is 14.5 Å². The van der Waals surface area contributed by atoms with Crippen LogP contribution in [0.15, 0.2) is 47.3 Å². The van der Waals surface area contributed by atoms with Crippen molar-refractivity contribution >= 4 is 10.9 Å². The maximum absolute atomic E-state index is 14.0. The Hall–Kier alpha value is -2.66. The number of aromatic nitrogens is 2. The summed E-state index contributed by atoms with van der Waals surface area (Å²) < 4.78 is 7.58. The summed E-state index contributed by atoms with van der Waals surface area (Å²) in [5.74, 6) is 3.05. The van der Waals surface area contributed by atoms with Gasteiger partial charge >= 0.3 is 0 Å². The number of nitrogens with zero attached hydrogens (tertiary/aromatic N) is 3. The number of methoxy groups -OCH3 is 1. The van der Waals surface area contributed by atoms with Gasteiger partial charge in [-0.1, -0.05) is 45.9 Å². The van der Waals surface area contributed by atoms with Gasteiger partial charge in [-0.15, -0.1) is 0 Å². The third-order valence-corrected chi connectivity index (χ3v) is 6.68. The van der Waals surface area contributed by atoms with E-state index in [1.54, 1.807) is 7.11 Å². The Kier molecular flexibility index (Phi) is 7.72. The smallest absolute Gasteiger partial charge is 0.261 e. The Morgan fingerprint density at radius 3 is 2.62 bits per heavy atom. The van der Waals surface area contributed by atoms with Crippen molar-refractivity contribution in [2.24, 2.45) is 17.8 Å². The second-order valence-corrected chi connectivity index (χ2v) is 10.7. The van der Waals surface area contributed by atoms with Crippen molar-refractivity contribution in [3.05, 3.63) is 58.4 Å². The average Bonchev–Trinajstić information content (AvgIpc) is 2.80. The second-order valence-electron chi connectivity index (χ2n) is 10.7. The molecule has 4 rings (SSSR count). The van der Waals surface area contributed by atoms with E-state index in [4.69, 9.17) is 9.72 Å². The summed E-state index contributed by atoms with van der Waals surface area (Å²) in [6.07, 6.45) is 3.27. The lowest BCUT2D eigenvalue weighted by Crippen LogP contribution is -2.40. The highest BCUT2D eigenvalue weighted by Gasteiger charge is 2.24. The molecule has 2 aromatic carbocycles. The van der Waals surface area contributed by atoms with Crippen molar-refractivity contribution in [3.8, 4) is 17.1 Å². The maximum Gasteiger partial charge on any atom is 0.261 e. The van der Waals surface area contributed by atoms with Gasteiger partial charge in [-0.05, 0) is 73.4 Å². The molecular formula is C29H39N3O2. The topological polar surface area (TPSA) is 47.4 Å². The van der Waals surface area contributed by atoms with Crippen molar-refractivity contribution in [2.75, 3.05) is 26.7 Å². The predicted molar refractivity (Wildman–Crippen MR) is 141 cm³/mol. The quantitative estimate of drug-likeness (QED) is 0.436. The van der Waals surface area contributed by atoms with Gasteiger partial charge in [0, 0.05) is 19.6 Å². The van der Waals surface area contributed by atoms with Crippen molar-refractivity contribution in [2.45, 2.75) is 53.5 Å². The van der Waals surface area contributed by atoms with E-state index in [-0.39, 0.29) is 5.56 Å². The first kappa shape index (κ1) is 24.5. The molecule has 1 unspecified atom stereocenters. The van der Waals surface area contributed by atoms with Crippen molar-refractivity contribution < 1.29 is 4.74 Å². The maximum atomic E-state index is 14.0. The van der Waals surface area contributed by atoms with E-state index < -0.39 is 0 Å². The van der Waals surface area contributed by atoms with Gasteiger partial charge in [-0.2, -0.15) is 0 Å². The first-order chi connectivity index (χ1) is 16.4. The highest BCUT2D eigenvalue weighted by molar-refractivity contribution is 5.81. The highest BCUT2D eigenvalue weighted by Crippen LogP contribution is 2.30. The fourth-order valence-corrected chi connectivity index (χ4v) is 5.31. The van der Waals surface area contributed by atoms with Crippen LogP contribution in [0.3, 0.4) is 0 Å². The molecule has 2 heterocycles. The molecule has 5 nitrogen and oxygen atoms in total. The molecule has 1 aromatic heterocycles. The summed E-state index contributed by atoms with van der Waals surface area (Å²) in [7, 11) is 1.67. The van der Waals surface area contributed by atoms with Gasteiger partial charge in [0.1, 0.15) is 11.6 Å². The molecule has 1 fully saturated rings. The molecule has 1 aliphatic rings. The van der Waals surface area contributed by atoms with Gasteiger partial charge in [-0.3, -0.25) is 9.36 Å². The molecule has 0 bridgehead atoms. The van der Waals surface area contributed by atoms with Crippen LogP contribution in [-0.4, -0.2) is 41.2 Å². The standard InChI is InChI=1S/C29H39N3O2/c1-20(2)15-22-12-13-26-25(16-22)29(33)32(19-23-9-8-14-31(18-23)17-21(3)4)28(30-26)24-10-6-7-11-27(24)34-5/h6-7,10-13,16,20-21,23H,8-9,14-15,17-19H2,1-5H3. The second kappa shape index (κ2) is 10.7. The predicted octanol–water partition coefficient (Wildman–Crippen LogP) is 5.64. The molecular weight excluding hydrogens is 422 g/mol. The van der Waals surface area contributed by atoms with Crippen LogP contribution < -0.4 is 10.3 Å². The van der Waals surface area contributed by atoms with Crippen LogP contribution in [0.1, 0.15) is 46.1 Å². The third-order valence-electron chi connectivity index (χ3n) is 6.68. The molecule has 0 saturated carbocycles. The molecule has 1 aliphatic heterocycles. The summed E-state index contributed by atoms with van der Waals surface area (Å²) in [4.78, 5) is 21.6. The Labute approximate surface area is 203 Å². The highest BCUT2D eigenvalue weighted by atomic mass is 16.5. The minimum atomic E-state index is 0.0532. The Bertz CT molecular complexity index is 1180. The van der Waals surface area contributed by atoms with Crippen LogP contribution in [-0.2, 0) is 13.0 Å². The van der Waals surface area contributed by atoms with Gasteiger partial charge in [0.05, 0.1) is 23.6 Å². The van der Waals surface area contributed by atoms with Gasteiger partial charge in [-0.25, -0.2) is 4.98 Å². The zero-order chi connectivity index (χ0) is 24.2. The molecule has 0 radical (unpaired) electrons. The number of hydrogen-bond donors (Lipinski definition) is 0. The summed E-state index contributed by atoms with van der Waals surface area (Å²) in [6, 6.07) is 14.0. The summed E-state index contributed by atoms with van der Waals surface area (Å²) >= 11 is 0. The van der Waals surface area contributed by atoms with Crippen LogP contribution in [0.5, 0.6) is 5.75 Å². The zero-order valence-electron chi connectivity index (χ0n) is 21.4. The van der Waals surface area contributed by atoms with E-state index in [0.717, 1.165) is 49.3 Å². The number of benzene rings is 2. The molecule has 0 amide bonds. The number of piperidine rings is 1. The first-order valence-corrected chi connectivity index (χ1v) is 12.7. The van der Waals surface area contributed by atoms with E-state index in [1.807, 2.05) is 34.9 Å². The fourth-order valence-electron chi connectivity index (χ4n) is 5.31. The van der Waals surface area contributed by atoms with Crippen LogP contribution in [0.25, 0.3) is 22.3 Å². The van der Waals surface area contributed by atoms with Gasteiger partial charge in [0.25, 0.3) is 5.56 Å². The molecule has 34 heavy (non-hydrogen) atoms. The summed E-state index contributed by atoms with van der Waals surface area (Å²) in [6.45, 7) is 12.9. The molecule has 0 aliphatic carbocycles. The van der Waals surface area contributed by atoms with Crippen LogP contribution in [0.4, 0.5) is 0 Å². The summed E-state index contributed by atoms with van der Waals surface area (Å²) in [5.41, 5.74) is 2.86. The molecule has 5 heteroatoms. The molecule has 0 N–H and O–H groups in total. The average molecular weight is 462 g/mol. The number of hydrogen-bond acceptors (Lipinski definition) is 4. The van der Waals surface area contributed by atoms with Crippen LogP contribution in [0.2, 0.25) is 0 Å². The molecule has 1 saturated heterocycles. The van der Waals surface area contributed by atoms with Crippen LogP contribution >= 0.6 is 0 Å². The molecule has 1 atom stereocenters. The lowest BCUT2D eigenvalue weighted by molar-refractivity contribution is 0.148. The fraction of sp³-hybridized carbons (Fsp3) is 0.517. The summed E-state index contributed by atoms with van der Waals surface area (Å²) in [5, 5.41) is 0.714. The molecule has 182 valence electrons. The number of rotatable bonds is 8. The number of likely N-dealkylation sites (tertiary alicyclic amines) is 1. The largest absolute Gasteiger partial charge is 0.496 e. The van der Waals surface area contributed by atoms with Gasteiger partial charge in [0.15, 0.2) is 0 Å². The van der Waals surface area contributed by atoms with E-state index in [0.29, 0.717) is 35.5 Å². The molecule has 0 spiro atoms. The number of ether oxygens (including phenoxy) is 1. The van der Waals surface area contributed by atoms with E-state index >= 15 is 0 Å². The minimum Gasteiger partial charge on any atom is -0.496 e. The van der Waals surface area contributed by atoms with E-state index in [1.165, 1.54) is 12.0 Å². The lowest BCUT2D eigenvalue weighted by atomic mass is 9.96. The van der Waals surface area contributed by atoms with Crippen molar-refractivity contribution in [3.63, 3.8) is 0 Å². The SMILES string of the molecule is COc1ccccc1-c1nc2ccc(CC(C)C)cc2c(=O)n1CC1CCCN(CC(C)C)C1. The Morgan fingerprint density at radius 1 is 1.09 bits per heavy atom. The number of para-hydroxylation sites is 1. The number of fused-ring (bicyclic) bond motifs is 1. The van der Waals surface area contributed by atoms with Gasteiger partial charge in [0.2, 0.25) is 0 Å².